The van der Waals surface area contributed by atoms with E-state index in [9.17, 15) is 102 Å². The number of ether oxygens (including phenoxy) is 10. The molecule has 0 aromatic rings. The highest BCUT2D eigenvalue weighted by atomic mass is 16.8. The Bertz CT molecular complexity index is 2560. The number of rotatable bonds is 15. The fourth-order valence-electron chi connectivity index (χ4n) is 18.0. The highest BCUT2D eigenvalue weighted by Crippen LogP contribution is 2.76. The van der Waals surface area contributed by atoms with Crippen LogP contribution in [0.4, 0.5) is 0 Å². The van der Waals surface area contributed by atoms with Gasteiger partial charge in [-0.05, 0) is 111 Å². The molecule has 0 bridgehead atoms. The van der Waals surface area contributed by atoms with Crippen molar-refractivity contribution in [3.8, 4) is 0 Å². The highest BCUT2D eigenvalue weighted by Gasteiger charge is 2.73. The lowest BCUT2D eigenvalue weighted by Gasteiger charge is -2.71. The van der Waals surface area contributed by atoms with Crippen LogP contribution in [0.25, 0.3) is 0 Å². The molecule has 9 fully saturated rings. The van der Waals surface area contributed by atoms with Crippen molar-refractivity contribution in [2.75, 3.05) is 26.4 Å². The monoisotopic (exact) mass is 1300 g/mol. The van der Waals surface area contributed by atoms with Crippen LogP contribution in [0.1, 0.15) is 106 Å². The minimum absolute atomic E-state index is 0.0430. The summed E-state index contributed by atoms with van der Waals surface area (Å²) >= 11 is 0. The van der Waals surface area contributed by atoms with Crippen molar-refractivity contribution in [1.82, 2.24) is 0 Å². The lowest BCUT2D eigenvalue weighted by Crippen LogP contribution is -2.71. The van der Waals surface area contributed by atoms with Crippen molar-refractivity contribution >= 4 is 11.9 Å². The normalized spacial score (nSPS) is 54.5. The van der Waals surface area contributed by atoms with Crippen molar-refractivity contribution in [1.29, 1.82) is 0 Å². The van der Waals surface area contributed by atoms with Gasteiger partial charge in [0.15, 0.2) is 25.2 Å². The van der Waals surface area contributed by atoms with E-state index in [0.29, 0.717) is 44.9 Å². The Morgan fingerprint density at radius 3 is 1.56 bits per heavy atom. The summed E-state index contributed by atoms with van der Waals surface area (Å²) in [5.74, 6) is -3.42. The van der Waals surface area contributed by atoms with Crippen LogP contribution in [0.3, 0.4) is 0 Å². The molecule has 5 saturated heterocycles. The third kappa shape index (κ3) is 11.4. The molecule has 0 radical (unpaired) electrons. The van der Waals surface area contributed by atoms with Gasteiger partial charge in [-0.3, -0.25) is 9.59 Å². The molecule has 0 aromatic carbocycles. The van der Waals surface area contributed by atoms with E-state index in [-0.39, 0.29) is 30.1 Å². The van der Waals surface area contributed by atoms with Crippen LogP contribution in [0.2, 0.25) is 0 Å². The molecule has 0 spiro atoms. The lowest BCUT2D eigenvalue weighted by atomic mass is 9.33. The minimum atomic E-state index is -2.15. The molecule has 30 heteroatoms. The molecular weight excluding hydrogens is 1200 g/mol. The summed E-state index contributed by atoms with van der Waals surface area (Å²) in [5.41, 5.74) is -4.41. The van der Waals surface area contributed by atoms with Crippen molar-refractivity contribution in [3.05, 3.63) is 11.6 Å². The number of hydrogen-bond donors (Lipinski definition) is 18. The second-order valence-electron chi connectivity index (χ2n) is 29.0. The van der Waals surface area contributed by atoms with Crippen LogP contribution in [0.15, 0.2) is 11.6 Å². The predicted octanol–water partition coefficient (Wildman–Crippen LogP) is -5.15. The van der Waals surface area contributed by atoms with E-state index in [2.05, 4.69) is 33.8 Å². The third-order valence-corrected chi connectivity index (χ3v) is 23.6. The van der Waals surface area contributed by atoms with Crippen molar-refractivity contribution < 1.29 is 149 Å². The van der Waals surface area contributed by atoms with Gasteiger partial charge >= 0.3 is 11.9 Å². The Labute approximate surface area is 519 Å². The van der Waals surface area contributed by atoms with Crippen LogP contribution in [0.5, 0.6) is 0 Å². The Hall–Kier alpha value is -2.36. The summed E-state index contributed by atoms with van der Waals surface area (Å²) in [6.07, 6.45) is -43.5. The Kier molecular flexibility index (Phi) is 20.3. The number of aliphatic hydroxyl groups excluding tert-OH is 17. The molecular formula is C60H96O30. The molecule has 0 amide bonds. The van der Waals surface area contributed by atoms with Gasteiger partial charge in [0, 0.05) is 0 Å². The first-order valence-corrected chi connectivity index (χ1v) is 31.5. The molecule has 0 aromatic heterocycles. The standard InChI is InChI=1S/C60H96O30/c1-22-32(66)37(71)41(75)48(81-22)86-44-36(70)29(21-64)83-50(43(44)77)87-45-39(73)34(68)27(19-62)84-51(45)88-46-40(74)35(69)28(20-63)85-52(46)89-47-25(65)17-56(4)30-9-8-23-24-16-55(2,3)12-14-60(24,54(80)90-49-42(76)38(72)33(67)26(18-61)82-49)15-13-57(23,5)58(30,6)11-10-31(56)59(47,7)53(78)79/h8,22,24-52,61-77H,9-21H2,1-7H3,(H,78,79)/t22-,24+,25-,26-,27-,28-,29-,30-,31-,32-,33-,34-,35-,36-,37+,38+,39+,40+,41-,42-,43-,44+,45-,46-,47+,48+,49+,50+,51+,52+,56-,57+,58-,59+,60-/m0/s1. The fourth-order valence-corrected chi connectivity index (χ4v) is 18.0. The number of hydrogen-bond acceptors (Lipinski definition) is 29. The van der Waals surface area contributed by atoms with E-state index in [1.54, 1.807) is 0 Å². The van der Waals surface area contributed by atoms with Gasteiger partial charge in [0.2, 0.25) is 6.29 Å². The van der Waals surface area contributed by atoms with E-state index >= 15 is 0 Å². The van der Waals surface area contributed by atoms with E-state index in [0.717, 1.165) is 5.57 Å². The van der Waals surface area contributed by atoms with Crippen LogP contribution in [0, 0.1) is 50.2 Å². The van der Waals surface area contributed by atoms with Gasteiger partial charge in [0.1, 0.15) is 122 Å². The van der Waals surface area contributed by atoms with Crippen molar-refractivity contribution in [2.24, 2.45) is 50.2 Å². The smallest absolute Gasteiger partial charge is 0.315 e. The molecule has 18 N–H and O–H groups in total. The molecule has 5 aliphatic carbocycles. The maximum absolute atomic E-state index is 14.9. The number of aliphatic hydroxyl groups is 17. The van der Waals surface area contributed by atoms with Crippen molar-refractivity contribution in [3.63, 3.8) is 0 Å². The molecule has 90 heavy (non-hydrogen) atoms. The number of esters is 1. The number of carbonyl (C=O) groups excluding carboxylic acids is 1. The van der Waals surface area contributed by atoms with Crippen LogP contribution in [-0.2, 0) is 57.0 Å². The summed E-state index contributed by atoms with van der Waals surface area (Å²) in [7, 11) is 0. The molecule has 30 nitrogen and oxygen atoms in total. The fraction of sp³-hybridized carbons (Fsp3) is 0.933. The SMILES string of the molecule is C[C@@H]1O[C@H](O[C@H]2[C@H](O)[C@@H](O[C@@H]3[C@@H](O[C@@H]4[C@@H](O[C@@H]5[C@@H](O)C[C@]6(C)[C@H](CC[C@@]7(C)[C@H]6CC=C6[C@H]8CC(C)(C)CC[C@]8(C(=O)O[C@H]8O[C@@H](CO)[C@H](O)[C@@H](O)[C@@H]8O)CC[C@]67C)[C@@]5(C)C(=O)O)O[C@@H](CO)[C@H](O)[C@H]4O)O[C@@H](CO)[C@H](O)[C@H]3O)O[C@@H](CO)[C@@H]2O)[C@@H](O)[C@H](O)[C@H]1O. The zero-order valence-electron chi connectivity index (χ0n) is 51.5. The highest BCUT2D eigenvalue weighted by molar-refractivity contribution is 5.79. The van der Waals surface area contributed by atoms with E-state index in [4.69, 9.17) is 47.4 Å². The Morgan fingerprint density at radius 2 is 0.978 bits per heavy atom. The zero-order valence-corrected chi connectivity index (χ0v) is 51.5. The maximum atomic E-state index is 14.9. The van der Waals surface area contributed by atoms with Crippen LogP contribution >= 0.6 is 0 Å². The largest absolute Gasteiger partial charge is 0.481 e. The number of carboxylic acid groups (broad SMARTS) is 1. The second-order valence-corrected chi connectivity index (χ2v) is 29.0. The quantitative estimate of drug-likeness (QED) is 0.0414. The molecule has 516 valence electrons. The average Bonchev–Trinajstić information content (AvgIpc) is 0.674. The molecule has 4 saturated carbocycles. The van der Waals surface area contributed by atoms with Gasteiger partial charge in [-0.25, -0.2) is 0 Å². The first-order valence-electron chi connectivity index (χ1n) is 31.5. The number of allylic oxidation sites excluding steroid dienone is 2. The van der Waals surface area contributed by atoms with Crippen LogP contribution in [-0.4, -0.2) is 296 Å². The molecule has 0 unspecified atom stereocenters. The summed E-state index contributed by atoms with van der Waals surface area (Å²) < 4.78 is 59.5. The summed E-state index contributed by atoms with van der Waals surface area (Å²) in [6, 6.07) is 0. The van der Waals surface area contributed by atoms with Gasteiger partial charge in [0.25, 0.3) is 0 Å². The van der Waals surface area contributed by atoms with Crippen LogP contribution < -0.4 is 0 Å². The molecule has 5 aliphatic heterocycles. The van der Waals surface area contributed by atoms with Gasteiger partial charge < -0.3 is 139 Å². The van der Waals surface area contributed by atoms with Gasteiger partial charge in [-0.2, -0.15) is 0 Å². The van der Waals surface area contributed by atoms with Gasteiger partial charge in [-0.1, -0.05) is 46.3 Å². The summed E-state index contributed by atoms with van der Waals surface area (Å²) in [6.45, 7) is 9.80. The first-order chi connectivity index (χ1) is 42.1. The number of carbonyl (C=O) groups is 2. The topological polar surface area (TPSA) is 491 Å². The van der Waals surface area contributed by atoms with Crippen molar-refractivity contribution in [2.45, 2.75) is 272 Å². The number of carboxylic acids is 1. The molecule has 35 atom stereocenters. The third-order valence-electron chi connectivity index (χ3n) is 23.6. The molecule has 5 heterocycles. The predicted molar refractivity (Wildman–Crippen MR) is 297 cm³/mol. The minimum Gasteiger partial charge on any atom is -0.481 e. The second kappa shape index (κ2) is 25.9. The zero-order chi connectivity index (χ0) is 66.0. The van der Waals surface area contributed by atoms with Gasteiger partial charge in [0.05, 0.1) is 49.5 Å². The summed E-state index contributed by atoms with van der Waals surface area (Å²) in [5, 5.41) is 198. The average molecular weight is 1300 g/mol. The lowest BCUT2D eigenvalue weighted by molar-refractivity contribution is -0.405. The summed E-state index contributed by atoms with van der Waals surface area (Å²) in [4.78, 5) is 29.2. The molecule has 10 rings (SSSR count). The van der Waals surface area contributed by atoms with E-state index in [1.807, 2.05) is 6.92 Å². The van der Waals surface area contributed by atoms with E-state index in [1.165, 1.54) is 13.8 Å². The number of fused-ring (bicyclic) bond motifs is 7. The van der Waals surface area contributed by atoms with Gasteiger partial charge in [-0.15, -0.1) is 0 Å². The Morgan fingerprint density at radius 1 is 0.500 bits per heavy atom. The Balaban J connectivity index is 0.923. The van der Waals surface area contributed by atoms with E-state index < -0.39 is 237 Å². The first kappa shape index (κ1) is 70.4. The molecule has 10 aliphatic rings. The number of aliphatic carboxylic acids is 1. The maximum Gasteiger partial charge on any atom is 0.315 e.